The fraction of sp³-hybridized carbons (Fsp3) is 0.500. The second kappa shape index (κ2) is 5.33. The average molecular weight is 312 g/mol. The zero-order chi connectivity index (χ0) is 16.0. The van der Waals surface area contributed by atoms with Crippen molar-refractivity contribution in [1.29, 1.82) is 0 Å². The summed E-state index contributed by atoms with van der Waals surface area (Å²) in [5, 5.41) is 15.5. The third kappa shape index (κ3) is 2.46. The van der Waals surface area contributed by atoms with Gasteiger partial charge in [0.25, 0.3) is 5.91 Å². The van der Waals surface area contributed by atoms with E-state index in [2.05, 4.69) is 31.4 Å². The van der Waals surface area contributed by atoms with E-state index >= 15 is 0 Å². The molecule has 1 fully saturated rings. The first kappa shape index (κ1) is 14.2. The van der Waals surface area contributed by atoms with Crippen molar-refractivity contribution in [2.75, 3.05) is 25.0 Å². The number of aromatic amines is 1. The Morgan fingerprint density at radius 2 is 2.13 bits per heavy atom. The molecule has 3 heterocycles. The first-order valence-corrected chi connectivity index (χ1v) is 8.01. The summed E-state index contributed by atoms with van der Waals surface area (Å²) in [5.74, 6) is 0.886. The minimum absolute atomic E-state index is 0.0426. The highest BCUT2D eigenvalue weighted by Gasteiger charge is 2.34. The van der Waals surface area contributed by atoms with E-state index in [1.165, 1.54) is 12.0 Å². The molecule has 2 aromatic rings. The van der Waals surface area contributed by atoms with Gasteiger partial charge in [-0.05, 0) is 43.9 Å². The molecule has 1 aliphatic carbocycles. The molecule has 0 aromatic carbocycles. The van der Waals surface area contributed by atoms with Gasteiger partial charge < -0.3 is 9.80 Å². The molecule has 0 radical (unpaired) electrons. The lowest BCUT2D eigenvalue weighted by atomic mass is 10.1. The lowest BCUT2D eigenvalue weighted by Crippen LogP contribution is -2.60. The number of hydrogen-bond donors (Lipinski definition) is 1. The number of amides is 1. The SMILES string of the molecule is Cc1cc(C(=O)N(C)C2CN(c3cc4c(nn3)CCC4)C2)n[nH]1. The number of aromatic nitrogens is 4. The molecular formula is C16H20N6O. The van der Waals surface area contributed by atoms with Crippen LogP contribution in [0.15, 0.2) is 12.1 Å². The summed E-state index contributed by atoms with van der Waals surface area (Å²) < 4.78 is 0. The van der Waals surface area contributed by atoms with Gasteiger partial charge in [0.05, 0.1) is 11.7 Å². The Morgan fingerprint density at radius 3 is 2.87 bits per heavy atom. The van der Waals surface area contributed by atoms with Gasteiger partial charge in [-0.3, -0.25) is 9.89 Å². The monoisotopic (exact) mass is 312 g/mol. The highest BCUT2D eigenvalue weighted by Crippen LogP contribution is 2.26. The van der Waals surface area contributed by atoms with Gasteiger partial charge in [0.15, 0.2) is 5.82 Å². The topological polar surface area (TPSA) is 78.0 Å². The lowest BCUT2D eigenvalue weighted by molar-refractivity contribution is 0.0699. The van der Waals surface area contributed by atoms with E-state index in [1.54, 1.807) is 11.0 Å². The molecule has 7 heteroatoms. The van der Waals surface area contributed by atoms with Gasteiger partial charge in [0.1, 0.15) is 5.69 Å². The van der Waals surface area contributed by atoms with Gasteiger partial charge >= 0.3 is 0 Å². The van der Waals surface area contributed by atoms with Crippen LogP contribution in [0.2, 0.25) is 0 Å². The van der Waals surface area contributed by atoms with Crippen LogP contribution in [0.1, 0.15) is 33.9 Å². The summed E-state index contributed by atoms with van der Waals surface area (Å²) in [6.45, 7) is 3.47. The fourth-order valence-electron chi connectivity index (χ4n) is 3.23. The molecule has 4 rings (SSSR count). The maximum atomic E-state index is 12.4. The third-order valence-electron chi connectivity index (χ3n) is 4.79. The van der Waals surface area contributed by atoms with Crippen LogP contribution in [0.4, 0.5) is 5.82 Å². The number of carbonyl (C=O) groups excluding carboxylic acids is 1. The largest absolute Gasteiger partial charge is 0.351 e. The van der Waals surface area contributed by atoms with Crippen molar-refractivity contribution in [1.82, 2.24) is 25.3 Å². The Hall–Kier alpha value is -2.44. The maximum absolute atomic E-state index is 12.4. The molecule has 1 N–H and O–H groups in total. The summed E-state index contributed by atoms with van der Waals surface area (Å²) in [5.41, 5.74) is 3.84. The summed E-state index contributed by atoms with van der Waals surface area (Å²) in [6.07, 6.45) is 3.33. The van der Waals surface area contributed by atoms with E-state index in [9.17, 15) is 4.79 Å². The minimum atomic E-state index is -0.0426. The number of hydrogen-bond acceptors (Lipinski definition) is 5. The average Bonchev–Trinajstić information content (AvgIpc) is 3.13. The molecule has 23 heavy (non-hydrogen) atoms. The van der Waals surface area contributed by atoms with E-state index in [-0.39, 0.29) is 11.9 Å². The number of nitrogens with zero attached hydrogens (tertiary/aromatic N) is 5. The highest BCUT2D eigenvalue weighted by atomic mass is 16.2. The second-order valence-corrected chi connectivity index (χ2v) is 6.44. The van der Waals surface area contributed by atoms with Gasteiger partial charge in [0.2, 0.25) is 0 Å². The number of fused-ring (bicyclic) bond motifs is 1. The molecule has 2 aliphatic rings. The van der Waals surface area contributed by atoms with Crippen LogP contribution in [-0.4, -0.2) is 57.4 Å². The van der Waals surface area contributed by atoms with E-state index in [0.717, 1.165) is 43.1 Å². The number of carbonyl (C=O) groups is 1. The van der Waals surface area contributed by atoms with Crippen molar-refractivity contribution >= 4 is 11.7 Å². The molecule has 0 spiro atoms. The Morgan fingerprint density at radius 1 is 1.30 bits per heavy atom. The number of H-pyrrole nitrogens is 1. The second-order valence-electron chi connectivity index (χ2n) is 6.44. The summed E-state index contributed by atoms with van der Waals surface area (Å²) in [7, 11) is 1.84. The molecule has 0 saturated carbocycles. The molecule has 0 unspecified atom stereocenters. The number of nitrogens with one attached hydrogen (secondary N) is 1. The number of likely N-dealkylation sites (N-methyl/N-ethyl adjacent to an activating group) is 1. The molecule has 2 aromatic heterocycles. The zero-order valence-corrected chi connectivity index (χ0v) is 13.4. The maximum Gasteiger partial charge on any atom is 0.274 e. The van der Waals surface area contributed by atoms with Gasteiger partial charge in [-0.25, -0.2) is 0 Å². The minimum Gasteiger partial charge on any atom is -0.351 e. The molecular weight excluding hydrogens is 292 g/mol. The van der Waals surface area contributed by atoms with Gasteiger partial charge in [0, 0.05) is 25.8 Å². The predicted octanol–water partition coefficient (Wildman–Crippen LogP) is 0.958. The third-order valence-corrected chi connectivity index (χ3v) is 4.79. The Labute approximate surface area is 134 Å². The van der Waals surface area contributed by atoms with Crippen molar-refractivity contribution in [2.24, 2.45) is 0 Å². The molecule has 7 nitrogen and oxygen atoms in total. The zero-order valence-electron chi connectivity index (χ0n) is 13.4. The number of rotatable bonds is 3. The van der Waals surface area contributed by atoms with Crippen LogP contribution in [0.3, 0.4) is 0 Å². The quantitative estimate of drug-likeness (QED) is 0.913. The molecule has 0 atom stereocenters. The lowest BCUT2D eigenvalue weighted by Gasteiger charge is -2.44. The predicted molar refractivity (Wildman–Crippen MR) is 85.5 cm³/mol. The van der Waals surface area contributed by atoms with E-state index < -0.39 is 0 Å². The number of aryl methyl sites for hydroxylation is 3. The number of anilines is 1. The van der Waals surface area contributed by atoms with Crippen LogP contribution < -0.4 is 4.90 Å². The fourth-order valence-corrected chi connectivity index (χ4v) is 3.23. The van der Waals surface area contributed by atoms with Gasteiger partial charge in [-0.1, -0.05) is 0 Å². The van der Waals surface area contributed by atoms with Crippen LogP contribution in [0.25, 0.3) is 0 Å². The van der Waals surface area contributed by atoms with E-state index in [4.69, 9.17) is 0 Å². The first-order chi connectivity index (χ1) is 11.1. The summed E-state index contributed by atoms with van der Waals surface area (Å²) in [6, 6.07) is 4.13. The van der Waals surface area contributed by atoms with Crippen LogP contribution in [0, 0.1) is 6.92 Å². The highest BCUT2D eigenvalue weighted by molar-refractivity contribution is 5.92. The molecule has 1 saturated heterocycles. The Kier molecular flexibility index (Phi) is 3.28. The van der Waals surface area contributed by atoms with Crippen LogP contribution in [0.5, 0.6) is 0 Å². The van der Waals surface area contributed by atoms with Crippen molar-refractivity contribution in [2.45, 2.75) is 32.2 Å². The van der Waals surface area contributed by atoms with Crippen molar-refractivity contribution in [3.8, 4) is 0 Å². The van der Waals surface area contributed by atoms with Crippen LogP contribution in [-0.2, 0) is 12.8 Å². The van der Waals surface area contributed by atoms with Crippen LogP contribution >= 0.6 is 0 Å². The summed E-state index contributed by atoms with van der Waals surface area (Å²) in [4.78, 5) is 16.3. The van der Waals surface area contributed by atoms with Crippen molar-refractivity contribution in [3.63, 3.8) is 0 Å². The first-order valence-electron chi connectivity index (χ1n) is 8.01. The van der Waals surface area contributed by atoms with E-state index in [1.807, 2.05) is 14.0 Å². The standard InChI is InChI=1S/C16H20N6O/c1-10-6-14(19-17-10)16(23)21(2)12-8-22(9-12)15-7-11-4-3-5-13(11)18-20-15/h6-7,12H,3-5,8-9H2,1-2H3,(H,17,19). The van der Waals surface area contributed by atoms with E-state index in [0.29, 0.717) is 5.69 Å². The van der Waals surface area contributed by atoms with Crippen molar-refractivity contribution < 1.29 is 4.79 Å². The Bertz CT molecular complexity index is 749. The van der Waals surface area contributed by atoms with Gasteiger partial charge in [-0.15, -0.1) is 5.10 Å². The van der Waals surface area contributed by atoms with Crippen molar-refractivity contribution in [3.05, 3.63) is 34.8 Å². The van der Waals surface area contributed by atoms with Gasteiger partial charge in [-0.2, -0.15) is 10.2 Å². The molecule has 1 aliphatic heterocycles. The molecule has 120 valence electrons. The molecule has 0 bridgehead atoms. The Balaban J connectivity index is 1.40. The normalized spacial score (nSPS) is 17.0. The smallest absolute Gasteiger partial charge is 0.274 e. The summed E-state index contributed by atoms with van der Waals surface area (Å²) >= 11 is 0. The molecule has 1 amide bonds.